The summed E-state index contributed by atoms with van der Waals surface area (Å²) in [5.74, 6) is 0. The molecule has 4 heteroatoms. The Kier molecular flexibility index (Phi) is 3.75. The number of ether oxygens (including phenoxy) is 1. The fraction of sp³-hybridized carbons (Fsp3) is 0.900. The molecule has 14 heavy (non-hydrogen) atoms. The number of nitrogens with zero attached hydrogens (tertiary/aromatic N) is 2. The van der Waals surface area contributed by atoms with Gasteiger partial charge in [0.1, 0.15) is 0 Å². The van der Waals surface area contributed by atoms with Gasteiger partial charge >= 0.3 is 6.09 Å². The van der Waals surface area contributed by atoms with Gasteiger partial charge in [-0.1, -0.05) is 0 Å². The van der Waals surface area contributed by atoms with Crippen molar-refractivity contribution in [3.05, 3.63) is 0 Å². The molecular formula is C10H20N2O2. The summed E-state index contributed by atoms with van der Waals surface area (Å²) in [6.45, 7) is 8.14. The van der Waals surface area contributed by atoms with Gasteiger partial charge in [-0.25, -0.2) is 4.79 Å². The average molecular weight is 200 g/mol. The van der Waals surface area contributed by atoms with Crippen LogP contribution in [0.25, 0.3) is 0 Å². The van der Waals surface area contributed by atoms with Crippen molar-refractivity contribution in [3.63, 3.8) is 0 Å². The van der Waals surface area contributed by atoms with Gasteiger partial charge in [0.2, 0.25) is 0 Å². The SMILES string of the molecule is CCOC(=O)N1C[C@@H](C)N(C)C[C@@H]1C. The van der Waals surface area contributed by atoms with Crippen molar-refractivity contribution in [1.82, 2.24) is 9.80 Å². The standard InChI is InChI=1S/C10H20N2O2/c1-5-14-10(13)12-7-8(2)11(4)6-9(12)3/h8-9H,5-7H2,1-4H3/t8-,9+/m1/s1. The zero-order valence-corrected chi connectivity index (χ0v) is 9.49. The van der Waals surface area contributed by atoms with Crippen LogP contribution >= 0.6 is 0 Å². The second-order valence-corrected chi connectivity index (χ2v) is 3.99. The molecule has 0 radical (unpaired) electrons. The van der Waals surface area contributed by atoms with E-state index in [1.54, 1.807) is 0 Å². The molecule has 0 aromatic carbocycles. The van der Waals surface area contributed by atoms with Crippen LogP contribution in [-0.4, -0.2) is 54.7 Å². The smallest absolute Gasteiger partial charge is 0.410 e. The number of amides is 1. The quantitative estimate of drug-likeness (QED) is 0.637. The molecule has 1 aliphatic rings. The molecule has 1 fully saturated rings. The van der Waals surface area contributed by atoms with Crippen LogP contribution in [-0.2, 0) is 4.74 Å². The fourth-order valence-electron chi connectivity index (χ4n) is 1.76. The molecule has 0 N–H and O–H groups in total. The lowest BCUT2D eigenvalue weighted by Gasteiger charge is -2.41. The van der Waals surface area contributed by atoms with Gasteiger partial charge in [-0.05, 0) is 27.8 Å². The van der Waals surface area contributed by atoms with Gasteiger partial charge in [-0.3, -0.25) is 4.90 Å². The predicted octanol–water partition coefficient (Wildman–Crippen LogP) is 1.17. The van der Waals surface area contributed by atoms with Crippen LogP contribution in [0.1, 0.15) is 20.8 Å². The van der Waals surface area contributed by atoms with Crippen molar-refractivity contribution >= 4 is 6.09 Å². The van der Waals surface area contributed by atoms with Crippen LogP contribution in [0.15, 0.2) is 0 Å². The highest BCUT2D eigenvalue weighted by atomic mass is 16.6. The Hall–Kier alpha value is -0.770. The van der Waals surface area contributed by atoms with Crippen LogP contribution < -0.4 is 0 Å². The Bertz CT molecular complexity index is 208. The Labute approximate surface area is 85.8 Å². The Morgan fingerprint density at radius 1 is 1.36 bits per heavy atom. The number of carbonyl (C=O) groups is 1. The van der Waals surface area contributed by atoms with E-state index in [-0.39, 0.29) is 12.1 Å². The highest BCUT2D eigenvalue weighted by molar-refractivity contribution is 5.68. The molecule has 0 aromatic rings. The minimum absolute atomic E-state index is 0.181. The molecular weight excluding hydrogens is 180 g/mol. The molecule has 4 nitrogen and oxygen atoms in total. The topological polar surface area (TPSA) is 32.8 Å². The van der Waals surface area contributed by atoms with Gasteiger partial charge in [0, 0.05) is 25.2 Å². The molecule has 0 saturated carbocycles. The van der Waals surface area contributed by atoms with Gasteiger partial charge < -0.3 is 9.64 Å². The third-order valence-electron chi connectivity index (χ3n) is 2.80. The van der Waals surface area contributed by atoms with E-state index in [1.807, 2.05) is 11.8 Å². The monoisotopic (exact) mass is 200 g/mol. The summed E-state index contributed by atoms with van der Waals surface area (Å²) in [6.07, 6.45) is -0.181. The largest absolute Gasteiger partial charge is 0.450 e. The number of likely N-dealkylation sites (N-methyl/N-ethyl adjacent to an activating group) is 1. The first-order valence-corrected chi connectivity index (χ1v) is 5.19. The zero-order chi connectivity index (χ0) is 10.7. The van der Waals surface area contributed by atoms with Crippen LogP contribution in [0.5, 0.6) is 0 Å². The van der Waals surface area contributed by atoms with Gasteiger partial charge in [-0.15, -0.1) is 0 Å². The molecule has 1 rings (SSSR count). The average Bonchev–Trinajstić information content (AvgIpc) is 2.11. The maximum absolute atomic E-state index is 11.5. The van der Waals surface area contributed by atoms with E-state index in [0.717, 1.165) is 13.1 Å². The van der Waals surface area contributed by atoms with Crippen molar-refractivity contribution in [2.24, 2.45) is 0 Å². The molecule has 1 saturated heterocycles. The number of carbonyl (C=O) groups excluding carboxylic acids is 1. The Balaban J connectivity index is 2.56. The van der Waals surface area contributed by atoms with Gasteiger partial charge in [-0.2, -0.15) is 0 Å². The summed E-state index contributed by atoms with van der Waals surface area (Å²) in [4.78, 5) is 15.6. The highest BCUT2D eigenvalue weighted by Gasteiger charge is 2.30. The maximum atomic E-state index is 11.5. The lowest BCUT2D eigenvalue weighted by atomic mass is 10.1. The van der Waals surface area contributed by atoms with E-state index in [4.69, 9.17) is 4.74 Å². The van der Waals surface area contributed by atoms with Crippen molar-refractivity contribution in [3.8, 4) is 0 Å². The highest BCUT2D eigenvalue weighted by Crippen LogP contribution is 2.14. The molecule has 82 valence electrons. The molecule has 0 aliphatic carbocycles. The lowest BCUT2D eigenvalue weighted by molar-refractivity contribution is 0.0406. The zero-order valence-electron chi connectivity index (χ0n) is 9.49. The van der Waals surface area contributed by atoms with E-state index in [9.17, 15) is 4.79 Å². The van der Waals surface area contributed by atoms with Crippen LogP contribution in [0.2, 0.25) is 0 Å². The van der Waals surface area contributed by atoms with Gasteiger partial charge in [0.25, 0.3) is 0 Å². The van der Waals surface area contributed by atoms with Gasteiger partial charge in [0.15, 0.2) is 0 Å². The van der Waals surface area contributed by atoms with E-state index in [0.29, 0.717) is 12.6 Å². The number of hydrogen-bond donors (Lipinski definition) is 0. The van der Waals surface area contributed by atoms with Crippen molar-refractivity contribution in [2.45, 2.75) is 32.9 Å². The number of hydrogen-bond acceptors (Lipinski definition) is 3. The second-order valence-electron chi connectivity index (χ2n) is 3.99. The first-order valence-electron chi connectivity index (χ1n) is 5.19. The normalized spacial score (nSPS) is 29.0. The molecule has 0 aromatic heterocycles. The molecule has 0 bridgehead atoms. The molecule has 2 atom stereocenters. The minimum atomic E-state index is -0.181. The fourth-order valence-corrected chi connectivity index (χ4v) is 1.76. The van der Waals surface area contributed by atoms with E-state index in [1.165, 1.54) is 0 Å². The van der Waals surface area contributed by atoms with Crippen molar-refractivity contribution in [2.75, 3.05) is 26.7 Å². The summed E-state index contributed by atoms with van der Waals surface area (Å²) < 4.78 is 5.00. The van der Waals surface area contributed by atoms with E-state index >= 15 is 0 Å². The maximum Gasteiger partial charge on any atom is 0.410 e. The van der Waals surface area contributed by atoms with Crippen molar-refractivity contribution < 1.29 is 9.53 Å². The van der Waals surface area contributed by atoms with Crippen molar-refractivity contribution in [1.29, 1.82) is 0 Å². The van der Waals surface area contributed by atoms with E-state index in [2.05, 4.69) is 25.8 Å². The summed E-state index contributed by atoms with van der Waals surface area (Å²) in [5, 5.41) is 0. The first-order chi connectivity index (χ1) is 6.56. The molecule has 1 heterocycles. The summed E-state index contributed by atoms with van der Waals surface area (Å²) in [5.41, 5.74) is 0. The third kappa shape index (κ3) is 2.38. The lowest BCUT2D eigenvalue weighted by Crippen LogP contribution is -2.56. The van der Waals surface area contributed by atoms with Crippen LogP contribution in [0.4, 0.5) is 4.79 Å². The minimum Gasteiger partial charge on any atom is -0.450 e. The van der Waals surface area contributed by atoms with Crippen LogP contribution in [0, 0.1) is 0 Å². The third-order valence-corrected chi connectivity index (χ3v) is 2.80. The number of piperazine rings is 1. The Morgan fingerprint density at radius 3 is 2.57 bits per heavy atom. The molecule has 0 spiro atoms. The summed E-state index contributed by atoms with van der Waals surface area (Å²) >= 11 is 0. The first kappa shape index (κ1) is 11.3. The Morgan fingerprint density at radius 2 is 2.00 bits per heavy atom. The second kappa shape index (κ2) is 4.64. The predicted molar refractivity (Wildman–Crippen MR) is 55.3 cm³/mol. The molecule has 1 aliphatic heterocycles. The summed E-state index contributed by atoms with van der Waals surface area (Å²) in [7, 11) is 2.09. The van der Waals surface area contributed by atoms with E-state index < -0.39 is 0 Å². The van der Waals surface area contributed by atoms with Crippen LogP contribution in [0.3, 0.4) is 0 Å². The molecule has 1 amide bonds. The van der Waals surface area contributed by atoms with Gasteiger partial charge in [0.05, 0.1) is 6.61 Å². The molecule has 0 unspecified atom stereocenters. The summed E-state index contributed by atoms with van der Waals surface area (Å²) in [6, 6.07) is 0.658. The number of rotatable bonds is 1.